The molecule has 0 aliphatic carbocycles. The van der Waals surface area contributed by atoms with Gasteiger partial charge in [-0.25, -0.2) is 4.79 Å². The SMILES string of the molecule is COCCOC(=O)OC1=C(C)NC(C)=C(c2nc(C)no2)C1c1cccc(OC)c1OC. The zero-order valence-electron chi connectivity index (χ0n) is 19.0. The number of aryl methyl sites for hydroxylation is 1. The molecular formula is C22H27N3O7. The lowest BCUT2D eigenvalue weighted by atomic mass is 9.84. The van der Waals surface area contributed by atoms with Gasteiger partial charge in [-0.2, -0.15) is 4.98 Å². The molecule has 0 amide bonds. The Balaban J connectivity index is 2.13. The van der Waals surface area contributed by atoms with Gasteiger partial charge in [0, 0.05) is 18.4 Å². The first-order valence-corrected chi connectivity index (χ1v) is 9.94. The lowest BCUT2D eigenvalue weighted by Gasteiger charge is -2.30. The fourth-order valence-corrected chi connectivity index (χ4v) is 3.56. The Labute approximate surface area is 186 Å². The van der Waals surface area contributed by atoms with Crippen LogP contribution < -0.4 is 14.8 Å². The molecule has 3 rings (SSSR count). The van der Waals surface area contributed by atoms with E-state index in [9.17, 15) is 4.79 Å². The molecule has 32 heavy (non-hydrogen) atoms. The van der Waals surface area contributed by atoms with E-state index in [0.717, 1.165) is 5.70 Å². The Morgan fingerprint density at radius 2 is 1.88 bits per heavy atom. The number of allylic oxidation sites excluding steroid dienone is 3. The van der Waals surface area contributed by atoms with Crippen molar-refractivity contribution in [3.8, 4) is 11.5 Å². The first-order chi connectivity index (χ1) is 15.4. The van der Waals surface area contributed by atoms with Crippen LogP contribution in [0.15, 0.2) is 39.9 Å². The molecule has 0 fully saturated rings. The molecule has 2 aromatic rings. The Hall–Kier alpha value is -3.53. The highest BCUT2D eigenvalue weighted by molar-refractivity contribution is 5.77. The number of carbonyl (C=O) groups is 1. The third-order valence-electron chi connectivity index (χ3n) is 4.90. The minimum absolute atomic E-state index is 0.0623. The van der Waals surface area contributed by atoms with Crippen molar-refractivity contribution < 1.29 is 33.0 Å². The van der Waals surface area contributed by atoms with E-state index in [1.165, 1.54) is 7.11 Å². The van der Waals surface area contributed by atoms with Crippen molar-refractivity contribution in [3.05, 3.63) is 52.6 Å². The summed E-state index contributed by atoms with van der Waals surface area (Å²) < 4.78 is 32.3. The predicted octanol–water partition coefficient (Wildman–Crippen LogP) is 3.54. The number of para-hydroxylation sites is 1. The summed E-state index contributed by atoms with van der Waals surface area (Å²) in [6.07, 6.45) is -0.856. The number of rotatable bonds is 8. The molecule has 172 valence electrons. The summed E-state index contributed by atoms with van der Waals surface area (Å²) in [6, 6.07) is 5.47. The molecule has 0 spiro atoms. The molecule has 2 heterocycles. The lowest BCUT2D eigenvalue weighted by Crippen LogP contribution is -2.27. The maximum atomic E-state index is 12.4. The van der Waals surface area contributed by atoms with Gasteiger partial charge in [-0.05, 0) is 26.8 Å². The number of ether oxygens (including phenoxy) is 5. The second kappa shape index (κ2) is 10.2. The molecule has 0 radical (unpaired) electrons. The van der Waals surface area contributed by atoms with Crippen molar-refractivity contribution >= 4 is 11.7 Å². The normalized spacial score (nSPS) is 16.0. The van der Waals surface area contributed by atoms with Crippen LogP contribution in [0.1, 0.15) is 37.0 Å². The average Bonchev–Trinajstić information content (AvgIpc) is 3.20. The van der Waals surface area contributed by atoms with Crippen LogP contribution in [0.4, 0.5) is 4.79 Å². The zero-order valence-corrected chi connectivity index (χ0v) is 19.0. The molecule has 0 bridgehead atoms. The van der Waals surface area contributed by atoms with Crippen LogP contribution in [-0.2, 0) is 14.2 Å². The van der Waals surface area contributed by atoms with Crippen LogP contribution in [0.25, 0.3) is 5.57 Å². The second-order valence-corrected chi connectivity index (χ2v) is 7.01. The predicted molar refractivity (Wildman–Crippen MR) is 114 cm³/mol. The molecule has 1 unspecified atom stereocenters. The van der Waals surface area contributed by atoms with Gasteiger partial charge in [-0.3, -0.25) is 0 Å². The van der Waals surface area contributed by atoms with E-state index < -0.39 is 12.1 Å². The van der Waals surface area contributed by atoms with E-state index in [-0.39, 0.29) is 13.2 Å². The van der Waals surface area contributed by atoms with E-state index in [1.807, 2.05) is 19.1 Å². The fraction of sp³-hybridized carbons (Fsp3) is 0.409. The van der Waals surface area contributed by atoms with Gasteiger partial charge in [-0.15, -0.1) is 0 Å². The van der Waals surface area contributed by atoms with E-state index >= 15 is 0 Å². The highest BCUT2D eigenvalue weighted by atomic mass is 16.7. The average molecular weight is 445 g/mol. The zero-order chi connectivity index (χ0) is 23.3. The maximum absolute atomic E-state index is 12.4. The van der Waals surface area contributed by atoms with Crippen molar-refractivity contribution in [2.45, 2.75) is 26.7 Å². The standard InChI is InChI=1S/C22H27N3O7/c1-12-17(21-24-14(3)25-32-21)18(15-8-7-9-16(28-5)20(15)29-6)19(13(2)23-12)31-22(26)30-11-10-27-4/h7-9,18,23H,10-11H2,1-6H3. The third kappa shape index (κ3) is 4.70. The van der Waals surface area contributed by atoms with Crippen LogP contribution in [0.2, 0.25) is 0 Å². The summed E-state index contributed by atoms with van der Waals surface area (Å²) >= 11 is 0. The number of hydrogen-bond donors (Lipinski definition) is 1. The molecule has 1 N–H and O–H groups in total. The van der Waals surface area contributed by atoms with Gasteiger partial charge in [0.1, 0.15) is 12.4 Å². The van der Waals surface area contributed by atoms with Gasteiger partial charge >= 0.3 is 6.16 Å². The third-order valence-corrected chi connectivity index (χ3v) is 4.90. The highest BCUT2D eigenvalue weighted by Gasteiger charge is 2.38. The summed E-state index contributed by atoms with van der Waals surface area (Å²) in [5.74, 6) is 1.49. The quantitative estimate of drug-likeness (QED) is 0.478. The van der Waals surface area contributed by atoms with Crippen molar-refractivity contribution in [2.24, 2.45) is 0 Å². The first-order valence-electron chi connectivity index (χ1n) is 9.94. The second-order valence-electron chi connectivity index (χ2n) is 7.01. The van der Waals surface area contributed by atoms with Crippen LogP contribution in [-0.4, -0.2) is 50.8 Å². The Bertz CT molecular complexity index is 1040. The Morgan fingerprint density at radius 1 is 1.09 bits per heavy atom. The van der Waals surface area contributed by atoms with Crippen LogP contribution in [0, 0.1) is 6.92 Å². The van der Waals surface area contributed by atoms with Crippen molar-refractivity contribution in [3.63, 3.8) is 0 Å². The van der Waals surface area contributed by atoms with Gasteiger partial charge in [0.05, 0.1) is 38.0 Å². The topological polar surface area (TPSA) is 114 Å². The molecular weight excluding hydrogens is 418 g/mol. The summed E-state index contributed by atoms with van der Waals surface area (Å²) in [7, 11) is 4.62. The van der Waals surface area contributed by atoms with Gasteiger partial charge in [0.15, 0.2) is 17.3 Å². The molecule has 1 atom stereocenters. The number of nitrogens with zero attached hydrogens (tertiary/aromatic N) is 2. The summed E-state index contributed by atoms with van der Waals surface area (Å²) in [6.45, 7) is 5.73. The van der Waals surface area contributed by atoms with Crippen molar-refractivity contribution in [1.29, 1.82) is 0 Å². The number of benzene rings is 1. The number of methoxy groups -OCH3 is 3. The van der Waals surface area contributed by atoms with Crippen molar-refractivity contribution in [1.82, 2.24) is 15.5 Å². The Morgan fingerprint density at radius 3 is 2.50 bits per heavy atom. The van der Waals surface area contributed by atoms with E-state index in [0.29, 0.717) is 45.8 Å². The molecule has 1 aliphatic rings. The Kier molecular flexibility index (Phi) is 7.37. The first kappa shape index (κ1) is 23.1. The smallest absolute Gasteiger partial charge is 0.493 e. The van der Waals surface area contributed by atoms with Crippen LogP contribution in [0.3, 0.4) is 0 Å². The monoisotopic (exact) mass is 445 g/mol. The summed E-state index contributed by atoms with van der Waals surface area (Å²) in [4.78, 5) is 16.8. The number of dihydropyridines is 1. The van der Waals surface area contributed by atoms with Crippen LogP contribution >= 0.6 is 0 Å². The summed E-state index contributed by atoms with van der Waals surface area (Å²) in [5, 5.41) is 7.15. The molecule has 1 aromatic carbocycles. The number of carbonyl (C=O) groups excluding carboxylic acids is 1. The maximum Gasteiger partial charge on any atom is 0.513 e. The molecule has 0 saturated heterocycles. The van der Waals surface area contributed by atoms with Crippen molar-refractivity contribution in [2.75, 3.05) is 34.5 Å². The number of hydrogen-bond acceptors (Lipinski definition) is 10. The van der Waals surface area contributed by atoms with Gasteiger partial charge < -0.3 is 33.5 Å². The number of nitrogens with one attached hydrogen (secondary N) is 1. The molecule has 1 aromatic heterocycles. The molecule has 10 nitrogen and oxygen atoms in total. The molecule has 0 saturated carbocycles. The van der Waals surface area contributed by atoms with Crippen LogP contribution in [0.5, 0.6) is 11.5 Å². The van der Waals surface area contributed by atoms with E-state index in [1.54, 1.807) is 34.1 Å². The fourth-order valence-electron chi connectivity index (χ4n) is 3.56. The van der Waals surface area contributed by atoms with Gasteiger partial charge in [0.25, 0.3) is 5.89 Å². The van der Waals surface area contributed by atoms with E-state index in [2.05, 4.69) is 15.5 Å². The minimum atomic E-state index is -0.856. The van der Waals surface area contributed by atoms with Gasteiger partial charge in [0.2, 0.25) is 0 Å². The number of aromatic nitrogens is 2. The minimum Gasteiger partial charge on any atom is -0.493 e. The van der Waals surface area contributed by atoms with Gasteiger partial charge in [-0.1, -0.05) is 17.3 Å². The molecule has 1 aliphatic heterocycles. The summed E-state index contributed by atoms with van der Waals surface area (Å²) in [5.41, 5.74) is 2.72. The highest BCUT2D eigenvalue weighted by Crippen LogP contribution is 2.48. The lowest BCUT2D eigenvalue weighted by molar-refractivity contribution is 0.0502. The van der Waals surface area contributed by atoms with E-state index in [4.69, 9.17) is 28.2 Å². The molecule has 10 heteroatoms. The largest absolute Gasteiger partial charge is 0.513 e.